The second-order valence-electron chi connectivity index (χ2n) is 16.5. The Morgan fingerprint density at radius 3 is 1.10 bits per heavy atom. The number of ether oxygens (including phenoxy) is 3. The summed E-state index contributed by atoms with van der Waals surface area (Å²) in [6, 6.07) is 0. The third-order valence-corrected chi connectivity index (χ3v) is 10.9. The third kappa shape index (κ3) is 50.1. The molecule has 12 heteroatoms. The molecule has 0 aromatic rings. The zero-order valence-corrected chi connectivity index (χ0v) is 45.0. The first-order chi connectivity index (χ1) is 35.2. The van der Waals surface area contributed by atoms with Crippen molar-refractivity contribution in [2.24, 2.45) is 0 Å². The summed E-state index contributed by atoms with van der Waals surface area (Å²) in [4.78, 5) is 48.3. The van der Waals surface area contributed by atoms with Crippen molar-refractivity contribution in [2.75, 3.05) is 26.4 Å². The summed E-state index contributed by atoms with van der Waals surface area (Å²) in [5.41, 5.74) is 0. The van der Waals surface area contributed by atoms with Crippen molar-refractivity contribution in [3.05, 3.63) is 158 Å². The molecular formula is C60H91O11P. The Bertz CT molecular complexity index is 1810. The minimum atomic E-state index is -4.80. The molecule has 0 rings (SSSR count). The molecule has 0 spiro atoms. The van der Waals surface area contributed by atoms with Crippen LogP contribution in [0.15, 0.2) is 158 Å². The Balaban J connectivity index is 4.97. The molecule has 0 aromatic heterocycles. The number of aliphatic hydroxyl groups excluding tert-OH is 1. The van der Waals surface area contributed by atoms with Gasteiger partial charge in [-0.1, -0.05) is 185 Å². The van der Waals surface area contributed by atoms with E-state index in [4.69, 9.17) is 23.3 Å². The average molecular weight is 1020 g/mol. The molecule has 0 fully saturated rings. The number of phosphoric acid groups is 1. The lowest BCUT2D eigenvalue weighted by Gasteiger charge is -2.21. The van der Waals surface area contributed by atoms with Crippen LogP contribution in [0.4, 0.5) is 0 Å². The highest BCUT2D eigenvalue weighted by atomic mass is 31.2. The fourth-order valence-corrected chi connectivity index (χ4v) is 6.84. The van der Waals surface area contributed by atoms with Crippen LogP contribution in [0.5, 0.6) is 0 Å². The molecule has 11 nitrogen and oxygen atoms in total. The molecule has 0 saturated heterocycles. The summed E-state index contributed by atoms with van der Waals surface area (Å²) in [5.74, 6) is -1.72. The predicted octanol–water partition coefficient (Wildman–Crippen LogP) is 15.4. The van der Waals surface area contributed by atoms with Gasteiger partial charge in [-0.05, 0) is 116 Å². The summed E-state index contributed by atoms with van der Waals surface area (Å²) in [6.07, 6.45) is 68.2. The topological polar surface area (TPSA) is 155 Å². The maximum Gasteiger partial charge on any atom is 0.472 e. The lowest BCUT2D eigenvalue weighted by molar-refractivity contribution is -0.161. The fourth-order valence-electron chi connectivity index (χ4n) is 6.05. The SMILES string of the molecule is CC/C=C\C/C=C\C/C=C\C/C=C\C/C=C\CCCCCC(=O)OC(COC(=O)CC/C=C\C/C=C\C/C=C\C/C=C\CC)COP(=O)(O)OCC(CO)OC(=O)CC/C=C\C/C=C\C/C=C\C/C=C\CC. The van der Waals surface area contributed by atoms with E-state index in [1.54, 1.807) is 0 Å². The summed E-state index contributed by atoms with van der Waals surface area (Å²) < 4.78 is 39.2. The largest absolute Gasteiger partial charge is 0.472 e. The second kappa shape index (κ2) is 52.4. The van der Waals surface area contributed by atoms with Crippen molar-refractivity contribution in [1.82, 2.24) is 0 Å². The van der Waals surface area contributed by atoms with E-state index in [2.05, 4.69) is 148 Å². The smallest absolute Gasteiger partial charge is 0.462 e. The van der Waals surface area contributed by atoms with E-state index in [0.29, 0.717) is 19.3 Å². The van der Waals surface area contributed by atoms with Crippen molar-refractivity contribution in [3.8, 4) is 0 Å². The lowest BCUT2D eigenvalue weighted by atomic mass is 10.1. The fraction of sp³-hybridized carbons (Fsp3) is 0.517. The zero-order valence-electron chi connectivity index (χ0n) is 44.1. The number of esters is 3. The van der Waals surface area contributed by atoms with Crippen molar-refractivity contribution >= 4 is 25.7 Å². The molecule has 2 N–H and O–H groups in total. The number of carbonyl (C=O) groups is 3. The van der Waals surface area contributed by atoms with Crippen LogP contribution < -0.4 is 0 Å². The van der Waals surface area contributed by atoms with E-state index < -0.39 is 64.4 Å². The minimum Gasteiger partial charge on any atom is -0.462 e. The monoisotopic (exact) mass is 1020 g/mol. The Hall–Kier alpha value is -4.90. The standard InChI is InChI=1S/C60H91O11P/c1-4-7-10-13-16-19-22-25-26-27-28-29-30-33-36-39-42-45-48-51-60(64)71-57(53-67-58(62)49-46-43-40-37-34-31-23-20-17-14-11-8-5-2)55-69-72(65,66)68-54-56(52-61)70-59(63)50-47-44-41-38-35-32-24-21-18-15-12-9-6-3/h7-12,16-21,25-26,28-29,31-36,40-41,43-44,56-57,61H,4-6,13-15,22-24,27,30,37-39,42,45-55H2,1-3H3,(H,65,66)/b10-7-,11-8-,12-9-,19-16-,20-17-,21-18-,26-25-,29-28-,34-31-,35-32-,36-33-,43-40-,44-41-. The van der Waals surface area contributed by atoms with Gasteiger partial charge in [-0.25, -0.2) is 4.57 Å². The molecule has 0 aromatic carbocycles. The van der Waals surface area contributed by atoms with Crippen molar-refractivity contribution in [1.29, 1.82) is 0 Å². The Morgan fingerprint density at radius 2 is 0.708 bits per heavy atom. The molecule has 0 amide bonds. The molecule has 0 aliphatic heterocycles. The van der Waals surface area contributed by atoms with Gasteiger partial charge >= 0.3 is 25.7 Å². The highest BCUT2D eigenvalue weighted by Gasteiger charge is 2.28. The number of carbonyl (C=O) groups excluding carboxylic acids is 3. The van der Waals surface area contributed by atoms with E-state index >= 15 is 0 Å². The van der Waals surface area contributed by atoms with Gasteiger partial charge in [0.25, 0.3) is 0 Å². The lowest BCUT2D eigenvalue weighted by Crippen LogP contribution is -2.30. The number of phosphoric ester groups is 1. The molecule has 0 heterocycles. The first-order valence-electron chi connectivity index (χ1n) is 26.4. The number of allylic oxidation sites excluding steroid dienone is 26. The first kappa shape index (κ1) is 67.1. The van der Waals surface area contributed by atoms with E-state index in [1.807, 2.05) is 30.4 Å². The van der Waals surface area contributed by atoms with Gasteiger partial charge in [-0.2, -0.15) is 0 Å². The molecule has 72 heavy (non-hydrogen) atoms. The number of aliphatic hydroxyl groups is 1. The van der Waals surface area contributed by atoms with Gasteiger partial charge in [0.1, 0.15) is 12.7 Å². The van der Waals surface area contributed by atoms with E-state index in [1.165, 1.54) is 0 Å². The molecular weight excluding hydrogens is 928 g/mol. The van der Waals surface area contributed by atoms with Crippen molar-refractivity contribution < 1.29 is 52.2 Å². The van der Waals surface area contributed by atoms with Gasteiger partial charge in [-0.3, -0.25) is 23.4 Å². The Labute approximate surface area is 434 Å². The maximum absolute atomic E-state index is 12.9. The molecule has 0 aliphatic rings. The van der Waals surface area contributed by atoms with Gasteiger partial charge in [0, 0.05) is 19.3 Å². The van der Waals surface area contributed by atoms with Gasteiger partial charge in [-0.15, -0.1) is 0 Å². The second-order valence-corrected chi connectivity index (χ2v) is 18.0. The van der Waals surface area contributed by atoms with Gasteiger partial charge in [0.05, 0.1) is 19.8 Å². The quantitative estimate of drug-likeness (QED) is 0.0197. The highest BCUT2D eigenvalue weighted by Crippen LogP contribution is 2.43. The molecule has 0 radical (unpaired) electrons. The van der Waals surface area contributed by atoms with Crippen LogP contribution in [0.25, 0.3) is 0 Å². The molecule has 402 valence electrons. The van der Waals surface area contributed by atoms with E-state index in [-0.39, 0.29) is 19.3 Å². The highest BCUT2D eigenvalue weighted by molar-refractivity contribution is 7.47. The van der Waals surface area contributed by atoms with Crippen LogP contribution in [0.2, 0.25) is 0 Å². The summed E-state index contributed by atoms with van der Waals surface area (Å²) in [5, 5.41) is 9.77. The first-order valence-corrected chi connectivity index (χ1v) is 27.9. The zero-order chi connectivity index (χ0) is 52.7. The molecule has 3 unspecified atom stereocenters. The van der Waals surface area contributed by atoms with Crippen LogP contribution in [-0.2, 0) is 42.2 Å². The van der Waals surface area contributed by atoms with Crippen molar-refractivity contribution in [2.45, 2.75) is 174 Å². The van der Waals surface area contributed by atoms with Crippen LogP contribution in [0.3, 0.4) is 0 Å². The van der Waals surface area contributed by atoms with Crippen LogP contribution in [0.1, 0.15) is 162 Å². The summed E-state index contributed by atoms with van der Waals surface area (Å²) in [6.45, 7) is 4.04. The molecule has 0 aliphatic carbocycles. The number of hydrogen-bond acceptors (Lipinski definition) is 10. The van der Waals surface area contributed by atoms with Gasteiger partial charge in [0.2, 0.25) is 0 Å². The summed E-state index contributed by atoms with van der Waals surface area (Å²) >= 11 is 0. The Morgan fingerprint density at radius 1 is 0.389 bits per heavy atom. The van der Waals surface area contributed by atoms with Crippen LogP contribution in [-0.4, -0.2) is 66.5 Å². The third-order valence-electron chi connectivity index (χ3n) is 9.95. The van der Waals surface area contributed by atoms with Gasteiger partial charge < -0.3 is 24.2 Å². The van der Waals surface area contributed by atoms with Crippen LogP contribution in [0, 0.1) is 0 Å². The maximum atomic E-state index is 12.9. The summed E-state index contributed by atoms with van der Waals surface area (Å²) in [7, 11) is -4.80. The molecule has 3 atom stereocenters. The van der Waals surface area contributed by atoms with Crippen molar-refractivity contribution in [3.63, 3.8) is 0 Å². The van der Waals surface area contributed by atoms with Gasteiger partial charge in [0.15, 0.2) is 6.10 Å². The van der Waals surface area contributed by atoms with Crippen LogP contribution >= 0.6 is 7.82 Å². The number of unbranched alkanes of at least 4 members (excludes halogenated alkanes) is 3. The average Bonchev–Trinajstić information content (AvgIpc) is 3.37. The minimum absolute atomic E-state index is 0.0392. The normalized spacial score (nSPS) is 14.7. The van der Waals surface area contributed by atoms with E-state index in [0.717, 1.165) is 103 Å². The molecule has 0 bridgehead atoms. The Kier molecular flexibility index (Phi) is 48.9. The number of hydrogen-bond donors (Lipinski definition) is 2. The molecule has 0 saturated carbocycles. The number of rotatable bonds is 46. The predicted molar refractivity (Wildman–Crippen MR) is 297 cm³/mol. The van der Waals surface area contributed by atoms with E-state index in [9.17, 15) is 28.9 Å².